The summed E-state index contributed by atoms with van der Waals surface area (Å²) in [7, 11) is 3.08. The molecule has 4 heteroatoms. The van der Waals surface area contributed by atoms with E-state index in [4.69, 9.17) is 9.47 Å². The Morgan fingerprint density at radius 1 is 1.05 bits per heavy atom. The summed E-state index contributed by atoms with van der Waals surface area (Å²) in [6.45, 7) is 0. The van der Waals surface area contributed by atoms with Crippen LogP contribution in [0, 0.1) is 0 Å². The number of hydrogen-bond donors (Lipinski definition) is 0. The second-order valence-corrected chi connectivity index (χ2v) is 4.74. The molecule has 4 nitrogen and oxygen atoms in total. The molecule has 0 N–H and O–H groups in total. The maximum atomic E-state index is 12.7. The van der Waals surface area contributed by atoms with Crippen LogP contribution < -0.4 is 0 Å². The molecule has 2 aromatic rings. The first-order valence-corrected chi connectivity index (χ1v) is 6.59. The predicted octanol–water partition coefficient (Wildman–Crippen LogP) is 2.81. The molecule has 21 heavy (non-hydrogen) atoms. The molecule has 1 heterocycles. The molecule has 1 aliphatic carbocycles. The molecule has 0 atom stereocenters. The van der Waals surface area contributed by atoms with E-state index in [2.05, 4.69) is 4.98 Å². The zero-order valence-electron chi connectivity index (χ0n) is 11.9. The third kappa shape index (κ3) is 2.00. The molecule has 0 saturated carbocycles. The first-order chi connectivity index (χ1) is 10.2. The first kappa shape index (κ1) is 13.7. The van der Waals surface area contributed by atoms with Gasteiger partial charge in [-0.25, -0.2) is 0 Å². The molecule has 0 fully saturated rings. The number of benzene rings is 1. The third-order valence-electron chi connectivity index (χ3n) is 3.72. The van der Waals surface area contributed by atoms with Crippen molar-refractivity contribution in [1.29, 1.82) is 0 Å². The molecule has 0 saturated heterocycles. The van der Waals surface area contributed by atoms with Crippen molar-refractivity contribution >= 4 is 11.9 Å². The lowest BCUT2D eigenvalue weighted by atomic mass is 10.0. The molecule has 1 aliphatic rings. The number of ether oxygens (including phenoxy) is 2. The Kier molecular flexibility index (Phi) is 3.41. The van der Waals surface area contributed by atoms with Gasteiger partial charge in [-0.2, -0.15) is 0 Å². The van der Waals surface area contributed by atoms with E-state index in [1.165, 1.54) is 0 Å². The van der Waals surface area contributed by atoms with Crippen molar-refractivity contribution in [3.63, 3.8) is 0 Å². The number of fused-ring (bicyclic) bond motifs is 1. The number of Topliss-reactive ketones (excluding diaryl/α,β-unsaturated/α-hetero) is 1. The van der Waals surface area contributed by atoms with E-state index in [-0.39, 0.29) is 5.78 Å². The van der Waals surface area contributed by atoms with E-state index < -0.39 is 5.79 Å². The molecule has 0 aliphatic heterocycles. The Hall–Kier alpha value is -2.30. The van der Waals surface area contributed by atoms with E-state index in [0.29, 0.717) is 11.1 Å². The van der Waals surface area contributed by atoms with Crippen LogP contribution in [0.1, 0.15) is 21.5 Å². The van der Waals surface area contributed by atoms with Crippen molar-refractivity contribution in [3.05, 3.63) is 71.1 Å². The number of carbonyl (C=O) groups is 1. The molecule has 0 radical (unpaired) electrons. The minimum atomic E-state index is -1.16. The molecule has 1 aromatic heterocycles. The van der Waals surface area contributed by atoms with Crippen LogP contribution in [0.5, 0.6) is 0 Å². The summed E-state index contributed by atoms with van der Waals surface area (Å²) in [6, 6.07) is 11.0. The zero-order chi connectivity index (χ0) is 14.9. The highest BCUT2D eigenvalue weighted by Gasteiger charge is 2.49. The summed E-state index contributed by atoms with van der Waals surface area (Å²) < 4.78 is 11.2. The van der Waals surface area contributed by atoms with Gasteiger partial charge in [0.15, 0.2) is 5.78 Å². The van der Waals surface area contributed by atoms with Gasteiger partial charge in [-0.1, -0.05) is 24.3 Å². The molecular weight excluding hydrogens is 266 g/mol. The number of aromatic nitrogens is 1. The Morgan fingerprint density at radius 3 is 2.38 bits per heavy atom. The third-order valence-corrected chi connectivity index (χ3v) is 3.72. The monoisotopic (exact) mass is 281 g/mol. The SMILES string of the molecule is COC1(OC)C(=Cc2ccncc2)C(=O)c2ccccc21. The average Bonchev–Trinajstić information content (AvgIpc) is 2.78. The molecule has 3 rings (SSSR count). The molecule has 0 amide bonds. The Morgan fingerprint density at radius 2 is 1.71 bits per heavy atom. The fourth-order valence-electron chi connectivity index (χ4n) is 2.72. The summed E-state index contributed by atoms with van der Waals surface area (Å²) in [5, 5.41) is 0. The summed E-state index contributed by atoms with van der Waals surface area (Å²) in [4.78, 5) is 16.7. The second kappa shape index (κ2) is 5.24. The minimum Gasteiger partial charge on any atom is -0.345 e. The lowest BCUT2D eigenvalue weighted by molar-refractivity contribution is -0.180. The number of rotatable bonds is 3. The molecule has 0 bridgehead atoms. The van der Waals surface area contributed by atoms with Crippen LogP contribution in [0.4, 0.5) is 0 Å². The van der Waals surface area contributed by atoms with Crippen LogP contribution in [-0.2, 0) is 15.3 Å². The van der Waals surface area contributed by atoms with Crippen LogP contribution in [0.3, 0.4) is 0 Å². The second-order valence-electron chi connectivity index (χ2n) is 4.74. The van der Waals surface area contributed by atoms with Crippen molar-refractivity contribution < 1.29 is 14.3 Å². The normalized spacial score (nSPS) is 18.0. The highest BCUT2D eigenvalue weighted by atomic mass is 16.7. The average molecular weight is 281 g/mol. The van der Waals surface area contributed by atoms with Crippen LogP contribution in [0.25, 0.3) is 6.08 Å². The van der Waals surface area contributed by atoms with Crippen LogP contribution in [-0.4, -0.2) is 25.0 Å². The van der Waals surface area contributed by atoms with Gasteiger partial charge in [0.2, 0.25) is 5.79 Å². The van der Waals surface area contributed by atoms with Crippen LogP contribution in [0.15, 0.2) is 54.4 Å². The molecule has 0 unspecified atom stereocenters. The highest BCUT2D eigenvalue weighted by Crippen LogP contribution is 2.44. The summed E-state index contributed by atoms with van der Waals surface area (Å²) >= 11 is 0. The van der Waals surface area contributed by atoms with E-state index in [0.717, 1.165) is 11.1 Å². The van der Waals surface area contributed by atoms with E-state index >= 15 is 0 Å². The van der Waals surface area contributed by atoms with Crippen molar-refractivity contribution in [1.82, 2.24) is 4.98 Å². The Bertz CT molecular complexity index is 703. The van der Waals surface area contributed by atoms with E-state index in [9.17, 15) is 4.79 Å². The van der Waals surface area contributed by atoms with Gasteiger partial charge >= 0.3 is 0 Å². The van der Waals surface area contributed by atoms with Gasteiger partial charge in [-0.15, -0.1) is 0 Å². The zero-order valence-corrected chi connectivity index (χ0v) is 11.9. The molecule has 0 spiro atoms. The summed E-state index contributed by atoms with van der Waals surface area (Å²) in [5.74, 6) is -1.23. The van der Waals surface area contributed by atoms with Gasteiger partial charge in [0, 0.05) is 37.7 Å². The van der Waals surface area contributed by atoms with Gasteiger partial charge in [0.25, 0.3) is 0 Å². The van der Waals surface area contributed by atoms with Crippen molar-refractivity contribution in [2.75, 3.05) is 14.2 Å². The minimum absolute atomic E-state index is 0.0777. The van der Waals surface area contributed by atoms with E-state index in [1.54, 1.807) is 38.8 Å². The van der Waals surface area contributed by atoms with Gasteiger partial charge in [0.05, 0.1) is 5.57 Å². The topological polar surface area (TPSA) is 48.4 Å². The van der Waals surface area contributed by atoms with Gasteiger partial charge < -0.3 is 9.47 Å². The number of ketones is 1. The summed E-state index contributed by atoms with van der Waals surface area (Å²) in [6.07, 6.45) is 5.15. The predicted molar refractivity (Wildman–Crippen MR) is 78.7 cm³/mol. The number of methoxy groups -OCH3 is 2. The fraction of sp³-hybridized carbons (Fsp3) is 0.176. The van der Waals surface area contributed by atoms with Gasteiger partial charge in [0.1, 0.15) is 0 Å². The van der Waals surface area contributed by atoms with Gasteiger partial charge in [-0.3, -0.25) is 9.78 Å². The first-order valence-electron chi connectivity index (χ1n) is 6.59. The van der Waals surface area contributed by atoms with Crippen molar-refractivity contribution in [2.24, 2.45) is 0 Å². The smallest absolute Gasteiger partial charge is 0.226 e. The van der Waals surface area contributed by atoms with Crippen LogP contribution in [0.2, 0.25) is 0 Å². The Labute approximate surface area is 123 Å². The summed E-state index contributed by atoms with van der Waals surface area (Å²) in [5.41, 5.74) is 2.70. The van der Waals surface area contributed by atoms with Crippen molar-refractivity contribution in [2.45, 2.75) is 5.79 Å². The molecule has 106 valence electrons. The van der Waals surface area contributed by atoms with Crippen molar-refractivity contribution in [3.8, 4) is 0 Å². The highest BCUT2D eigenvalue weighted by molar-refractivity contribution is 6.17. The largest absolute Gasteiger partial charge is 0.345 e. The standard InChI is InChI=1S/C17H15NO3/c1-20-17(21-2)14-6-4-3-5-13(14)16(19)15(17)11-12-7-9-18-10-8-12/h3-11H,1-2H3. The number of nitrogens with zero attached hydrogens (tertiary/aromatic N) is 1. The van der Waals surface area contributed by atoms with Crippen LogP contribution >= 0.6 is 0 Å². The molecular formula is C17H15NO3. The quantitative estimate of drug-likeness (QED) is 0.641. The van der Waals surface area contributed by atoms with E-state index in [1.807, 2.05) is 30.3 Å². The maximum Gasteiger partial charge on any atom is 0.226 e. The number of carbonyl (C=O) groups excluding carboxylic acids is 1. The number of hydrogen-bond acceptors (Lipinski definition) is 4. The molecule has 1 aromatic carbocycles. The van der Waals surface area contributed by atoms with Gasteiger partial charge in [-0.05, 0) is 23.8 Å². The lowest BCUT2D eigenvalue weighted by Gasteiger charge is -2.28. The fourth-order valence-corrected chi connectivity index (χ4v) is 2.72. The lowest BCUT2D eigenvalue weighted by Crippen LogP contribution is -2.30. The Balaban J connectivity index is 2.21. The maximum absolute atomic E-state index is 12.7. The number of pyridine rings is 1.